The maximum Gasteiger partial charge on any atom is 0.335 e. The fourth-order valence-electron chi connectivity index (χ4n) is 4.94. The molecule has 6 nitrogen and oxygen atoms in total. The number of carbonyl (C=O) groups is 1. The minimum absolute atomic E-state index is 0.0971. The Balaban J connectivity index is 1.88. The van der Waals surface area contributed by atoms with Crippen LogP contribution in [0.4, 0.5) is 13.2 Å². The molecule has 0 bridgehead atoms. The first-order valence-corrected chi connectivity index (χ1v) is 10.6. The van der Waals surface area contributed by atoms with E-state index in [-0.39, 0.29) is 24.5 Å². The molecule has 172 valence electrons. The van der Waals surface area contributed by atoms with Crippen LogP contribution in [0.2, 0.25) is 0 Å². The third-order valence-electron chi connectivity index (χ3n) is 6.49. The van der Waals surface area contributed by atoms with Crippen LogP contribution in [0.25, 0.3) is 27.5 Å². The van der Waals surface area contributed by atoms with Crippen molar-refractivity contribution in [2.75, 3.05) is 6.61 Å². The molecule has 1 fully saturated rings. The van der Waals surface area contributed by atoms with E-state index in [9.17, 15) is 18.7 Å². The lowest BCUT2D eigenvalue weighted by molar-refractivity contribution is -0.157. The van der Waals surface area contributed by atoms with Gasteiger partial charge >= 0.3 is 5.97 Å². The van der Waals surface area contributed by atoms with Crippen molar-refractivity contribution in [3.05, 3.63) is 59.2 Å². The van der Waals surface area contributed by atoms with Gasteiger partial charge in [-0.15, -0.1) is 0 Å². The summed E-state index contributed by atoms with van der Waals surface area (Å²) in [5.74, 6) is -4.16. The van der Waals surface area contributed by atoms with Crippen LogP contribution in [0.1, 0.15) is 50.3 Å². The molecule has 0 radical (unpaired) electrons. The van der Waals surface area contributed by atoms with E-state index in [1.54, 1.807) is 10.6 Å². The van der Waals surface area contributed by atoms with E-state index in [4.69, 9.17) is 4.74 Å². The molecule has 1 aliphatic rings. The van der Waals surface area contributed by atoms with Gasteiger partial charge in [0, 0.05) is 34.1 Å². The molecule has 0 amide bonds. The zero-order valence-electron chi connectivity index (χ0n) is 18.2. The summed E-state index contributed by atoms with van der Waals surface area (Å²) in [5, 5.41) is 17.1. The molecule has 2 aromatic carbocycles. The Morgan fingerprint density at radius 1 is 1.27 bits per heavy atom. The highest BCUT2D eigenvalue weighted by molar-refractivity contribution is 6.00. The van der Waals surface area contributed by atoms with E-state index < -0.39 is 34.9 Å². The molecule has 33 heavy (non-hydrogen) atoms. The Bertz CT molecular complexity index is 1430. The number of hydrogen-bond acceptors (Lipinski definition) is 3. The van der Waals surface area contributed by atoms with E-state index in [1.807, 2.05) is 13.8 Å². The number of aliphatic carboxylic acids is 1. The standard InChI is InChI=1S/C24H22F3N3O3/c1-11(2)22-18(13-8-24(3,23(31)32)33-10-13)19-17(6-12-9-28-29-21(12)20(19)27)30(22)14-4-5-15(25)16(26)7-14/h4-7,9,11,13H,8,10H2,1-3H3,(H,28,29)(H,31,32)/t13-,24+/m1/s1. The fourth-order valence-corrected chi connectivity index (χ4v) is 4.94. The van der Waals surface area contributed by atoms with Crippen LogP contribution < -0.4 is 0 Å². The summed E-state index contributed by atoms with van der Waals surface area (Å²) >= 11 is 0. The maximum absolute atomic E-state index is 15.9. The number of carboxylic acid groups (broad SMARTS) is 1. The number of ether oxygens (including phenoxy) is 1. The summed E-state index contributed by atoms with van der Waals surface area (Å²) in [5.41, 5.74) is 0.944. The minimum atomic E-state index is -1.40. The molecular formula is C24H22F3N3O3. The molecule has 2 aromatic heterocycles. The van der Waals surface area contributed by atoms with Crippen molar-refractivity contribution in [1.82, 2.24) is 14.8 Å². The third-order valence-corrected chi connectivity index (χ3v) is 6.49. The van der Waals surface area contributed by atoms with Gasteiger partial charge in [-0.3, -0.25) is 5.10 Å². The van der Waals surface area contributed by atoms with E-state index >= 15 is 4.39 Å². The SMILES string of the molecule is CC(C)c1c([C@H]2CO[C@](C)(C(=O)O)C2)c2c(F)c3[nH]ncc3cc2n1-c1ccc(F)c(F)c1. The second-order valence-electron chi connectivity index (χ2n) is 9.05. The number of H-pyrrole nitrogens is 1. The lowest BCUT2D eigenvalue weighted by atomic mass is 9.86. The summed E-state index contributed by atoms with van der Waals surface area (Å²) in [4.78, 5) is 11.8. The Kier molecular flexibility index (Phi) is 4.79. The normalized spacial score (nSPS) is 21.0. The number of nitrogens with one attached hydrogen (secondary N) is 1. The van der Waals surface area contributed by atoms with Gasteiger partial charge in [-0.1, -0.05) is 13.8 Å². The average molecular weight is 457 g/mol. The van der Waals surface area contributed by atoms with Gasteiger partial charge in [0.25, 0.3) is 0 Å². The molecule has 1 aliphatic heterocycles. The topological polar surface area (TPSA) is 80.1 Å². The summed E-state index contributed by atoms with van der Waals surface area (Å²) in [6, 6.07) is 5.30. The first-order chi connectivity index (χ1) is 15.6. The second-order valence-corrected chi connectivity index (χ2v) is 9.05. The van der Waals surface area contributed by atoms with Gasteiger partial charge in [0.1, 0.15) is 5.52 Å². The van der Waals surface area contributed by atoms with Gasteiger partial charge in [0.05, 0.1) is 18.3 Å². The van der Waals surface area contributed by atoms with Crippen LogP contribution in [-0.2, 0) is 9.53 Å². The quantitative estimate of drug-likeness (QED) is 0.430. The highest BCUT2D eigenvalue weighted by Gasteiger charge is 2.45. The van der Waals surface area contributed by atoms with E-state index in [1.165, 1.54) is 19.2 Å². The highest BCUT2D eigenvalue weighted by Crippen LogP contribution is 2.46. The Hall–Kier alpha value is -3.33. The lowest BCUT2D eigenvalue weighted by Crippen LogP contribution is -2.34. The predicted molar refractivity (Wildman–Crippen MR) is 116 cm³/mol. The number of fused-ring (bicyclic) bond motifs is 2. The Labute approximate surface area is 187 Å². The molecule has 2 atom stereocenters. The van der Waals surface area contributed by atoms with Crippen LogP contribution in [0.5, 0.6) is 0 Å². The summed E-state index contributed by atoms with van der Waals surface area (Å²) in [7, 11) is 0. The number of aromatic amines is 1. The molecule has 2 N–H and O–H groups in total. The molecule has 4 aromatic rings. The fraction of sp³-hybridized carbons (Fsp3) is 0.333. The van der Waals surface area contributed by atoms with Crippen molar-refractivity contribution >= 4 is 27.8 Å². The van der Waals surface area contributed by atoms with Crippen LogP contribution in [0.3, 0.4) is 0 Å². The van der Waals surface area contributed by atoms with Gasteiger partial charge < -0.3 is 14.4 Å². The molecule has 9 heteroatoms. The second kappa shape index (κ2) is 7.34. The number of hydrogen-bond donors (Lipinski definition) is 2. The number of nitrogens with zero attached hydrogens (tertiary/aromatic N) is 2. The van der Waals surface area contributed by atoms with E-state index in [0.717, 1.165) is 12.1 Å². The first kappa shape index (κ1) is 21.5. The van der Waals surface area contributed by atoms with Crippen molar-refractivity contribution in [1.29, 1.82) is 0 Å². The molecule has 3 heterocycles. The van der Waals surface area contributed by atoms with Crippen molar-refractivity contribution in [2.45, 2.75) is 44.6 Å². The largest absolute Gasteiger partial charge is 0.479 e. The van der Waals surface area contributed by atoms with Gasteiger partial charge in [-0.25, -0.2) is 18.0 Å². The molecule has 0 aliphatic carbocycles. The minimum Gasteiger partial charge on any atom is -0.479 e. The van der Waals surface area contributed by atoms with Gasteiger partial charge in [-0.2, -0.15) is 5.10 Å². The molecule has 0 saturated carbocycles. The lowest BCUT2D eigenvalue weighted by Gasteiger charge is -2.19. The first-order valence-electron chi connectivity index (χ1n) is 10.6. The molecule has 0 spiro atoms. The smallest absolute Gasteiger partial charge is 0.335 e. The molecule has 0 unspecified atom stereocenters. The molecule has 5 rings (SSSR count). The zero-order valence-corrected chi connectivity index (χ0v) is 18.2. The maximum atomic E-state index is 15.9. The number of aromatic nitrogens is 3. The predicted octanol–water partition coefficient (Wildman–Crippen LogP) is 5.39. The van der Waals surface area contributed by atoms with Crippen molar-refractivity contribution in [3.8, 4) is 5.69 Å². The van der Waals surface area contributed by atoms with E-state index in [0.29, 0.717) is 33.2 Å². The summed E-state index contributed by atoms with van der Waals surface area (Å²) < 4.78 is 51.2. The number of rotatable bonds is 4. The monoisotopic (exact) mass is 457 g/mol. The summed E-state index contributed by atoms with van der Waals surface area (Å²) in [6.45, 7) is 5.44. The third kappa shape index (κ3) is 3.13. The van der Waals surface area contributed by atoms with Crippen LogP contribution in [0, 0.1) is 17.5 Å². The van der Waals surface area contributed by atoms with Gasteiger partial charge in [-0.05, 0) is 43.0 Å². The van der Waals surface area contributed by atoms with Gasteiger partial charge in [0.15, 0.2) is 23.1 Å². The average Bonchev–Trinajstić information content (AvgIpc) is 3.46. The van der Waals surface area contributed by atoms with Crippen molar-refractivity contribution < 1.29 is 27.8 Å². The van der Waals surface area contributed by atoms with Gasteiger partial charge in [0.2, 0.25) is 0 Å². The van der Waals surface area contributed by atoms with Crippen LogP contribution >= 0.6 is 0 Å². The number of halogens is 3. The molecule has 1 saturated heterocycles. The Morgan fingerprint density at radius 3 is 2.67 bits per heavy atom. The van der Waals surface area contributed by atoms with E-state index in [2.05, 4.69) is 10.2 Å². The van der Waals surface area contributed by atoms with Crippen LogP contribution in [-0.4, -0.2) is 38.0 Å². The highest BCUT2D eigenvalue weighted by atomic mass is 19.2. The van der Waals surface area contributed by atoms with Crippen molar-refractivity contribution in [3.63, 3.8) is 0 Å². The number of carboxylic acids is 1. The Morgan fingerprint density at radius 2 is 2.03 bits per heavy atom. The summed E-state index contributed by atoms with van der Waals surface area (Å²) in [6.07, 6.45) is 1.65. The molecular weight excluding hydrogens is 435 g/mol. The van der Waals surface area contributed by atoms with Crippen molar-refractivity contribution in [2.24, 2.45) is 0 Å². The zero-order chi connectivity index (χ0) is 23.7. The number of benzene rings is 2. The van der Waals surface area contributed by atoms with Crippen LogP contribution in [0.15, 0.2) is 30.5 Å².